The number of hydrogen-bond acceptors (Lipinski definition) is 1. The quantitative estimate of drug-likeness (QED) is 0.647. The Labute approximate surface area is 149 Å². The maximum Gasteiger partial charge on any atom is 0.159 e. The fourth-order valence-corrected chi connectivity index (χ4v) is 4.35. The maximum absolute atomic E-state index is 4.76. The van der Waals surface area contributed by atoms with Crippen molar-refractivity contribution in [2.24, 2.45) is 0 Å². The number of aryl methyl sites for hydroxylation is 1. The lowest BCUT2D eigenvalue weighted by Crippen LogP contribution is -3.28. The van der Waals surface area contributed by atoms with Gasteiger partial charge in [0.05, 0.1) is 6.54 Å². The van der Waals surface area contributed by atoms with Crippen LogP contribution in [0.25, 0.3) is 10.9 Å². The molecule has 25 heavy (non-hydrogen) atoms. The zero-order chi connectivity index (χ0) is 17.2. The highest BCUT2D eigenvalue weighted by atomic mass is 15.3. The summed E-state index contributed by atoms with van der Waals surface area (Å²) in [5.41, 5.74) is 5.11. The van der Waals surface area contributed by atoms with Crippen LogP contribution in [-0.4, -0.2) is 42.7 Å². The fraction of sp³-hybridized carbons (Fsp3) is 0.381. The van der Waals surface area contributed by atoms with Crippen molar-refractivity contribution in [3.63, 3.8) is 0 Å². The van der Waals surface area contributed by atoms with Crippen LogP contribution in [-0.2, 0) is 0 Å². The van der Waals surface area contributed by atoms with Crippen molar-refractivity contribution in [2.45, 2.75) is 19.9 Å². The number of likely N-dealkylation sites (N-methyl/N-ethyl adjacent to an activating group) is 1. The van der Waals surface area contributed by atoms with Crippen LogP contribution in [0, 0.1) is 6.92 Å². The first kappa shape index (κ1) is 16.3. The average molecular weight is 336 g/mol. The molecule has 0 spiro atoms. The molecular formula is C21H28N4+2. The van der Waals surface area contributed by atoms with E-state index in [2.05, 4.69) is 55.2 Å². The Kier molecular flexibility index (Phi) is 4.55. The number of benzene rings is 1. The van der Waals surface area contributed by atoms with Gasteiger partial charge in [-0.25, -0.2) is 0 Å². The minimum absolute atomic E-state index is 0.302. The van der Waals surface area contributed by atoms with Crippen molar-refractivity contribution in [2.75, 3.05) is 32.7 Å². The smallest absolute Gasteiger partial charge is 0.159 e. The molecule has 3 aromatic rings. The van der Waals surface area contributed by atoms with Gasteiger partial charge in [0, 0.05) is 28.4 Å². The Balaban J connectivity index is 1.79. The highest BCUT2D eigenvalue weighted by molar-refractivity contribution is 5.85. The summed E-state index contributed by atoms with van der Waals surface area (Å²) in [5.74, 6) is 0. The van der Waals surface area contributed by atoms with Gasteiger partial charge in [-0.1, -0.05) is 24.3 Å². The summed E-state index contributed by atoms with van der Waals surface area (Å²) in [6.07, 6.45) is 1.93. The van der Waals surface area contributed by atoms with Crippen LogP contribution in [0.2, 0.25) is 0 Å². The molecule has 1 aliphatic heterocycles. The molecule has 0 bridgehead atoms. The van der Waals surface area contributed by atoms with E-state index in [0.29, 0.717) is 6.04 Å². The summed E-state index contributed by atoms with van der Waals surface area (Å²) in [7, 11) is 0. The molecule has 0 amide bonds. The van der Waals surface area contributed by atoms with Crippen molar-refractivity contribution in [1.82, 2.24) is 9.97 Å². The van der Waals surface area contributed by atoms with Gasteiger partial charge in [0.25, 0.3) is 0 Å². The van der Waals surface area contributed by atoms with Crippen LogP contribution in [0.1, 0.15) is 29.9 Å². The van der Waals surface area contributed by atoms with Crippen LogP contribution < -0.4 is 9.80 Å². The van der Waals surface area contributed by atoms with E-state index in [1.54, 1.807) is 9.80 Å². The lowest BCUT2D eigenvalue weighted by molar-refractivity contribution is -1.02. The number of fused-ring (bicyclic) bond motifs is 1. The molecule has 3 N–H and O–H groups in total. The number of pyridine rings is 1. The molecule has 1 atom stereocenters. The van der Waals surface area contributed by atoms with Gasteiger partial charge in [0.2, 0.25) is 0 Å². The van der Waals surface area contributed by atoms with Crippen molar-refractivity contribution >= 4 is 10.9 Å². The number of aromatic amines is 1. The van der Waals surface area contributed by atoms with E-state index in [1.165, 1.54) is 60.6 Å². The van der Waals surface area contributed by atoms with Gasteiger partial charge < -0.3 is 14.8 Å². The molecule has 4 rings (SSSR count). The molecule has 0 radical (unpaired) electrons. The first-order valence-corrected chi connectivity index (χ1v) is 9.44. The molecule has 1 aromatic carbocycles. The average Bonchev–Trinajstić information content (AvgIpc) is 3.00. The number of nitrogens with one attached hydrogen (secondary N) is 3. The van der Waals surface area contributed by atoms with E-state index in [9.17, 15) is 0 Å². The van der Waals surface area contributed by atoms with Crippen molar-refractivity contribution in [1.29, 1.82) is 0 Å². The van der Waals surface area contributed by atoms with Crippen LogP contribution in [0.5, 0.6) is 0 Å². The van der Waals surface area contributed by atoms with Crippen LogP contribution >= 0.6 is 0 Å². The summed E-state index contributed by atoms with van der Waals surface area (Å²) in [5, 5.41) is 1.34. The number of quaternary nitrogens is 2. The van der Waals surface area contributed by atoms with E-state index in [1.807, 2.05) is 12.3 Å². The fourth-order valence-electron chi connectivity index (χ4n) is 4.35. The van der Waals surface area contributed by atoms with E-state index < -0.39 is 0 Å². The molecule has 2 aromatic heterocycles. The van der Waals surface area contributed by atoms with Gasteiger partial charge in [0.15, 0.2) is 6.04 Å². The predicted molar refractivity (Wildman–Crippen MR) is 101 cm³/mol. The van der Waals surface area contributed by atoms with E-state index in [4.69, 9.17) is 4.98 Å². The topological polar surface area (TPSA) is 37.6 Å². The number of nitrogens with zero attached hydrogens (tertiary/aromatic N) is 1. The summed E-state index contributed by atoms with van der Waals surface area (Å²) in [6, 6.07) is 15.3. The summed E-state index contributed by atoms with van der Waals surface area (Å²) in [4.78, 5) is 11.7. The highest BCUT2D eigenvalue weighted by Gasteiger charge is 2.34. The Morgan fingerprint density at radius 2 is 1.80 bits per heavy atom. The number of para-hydroxylation sites is 1. The lowest BCUT2D eigenvalue weighted by atomic mass is 9.97. The Morgan fingerprint density at radius 3 is 2.52 bits per heavy atom. The predicted octanol–water partition coefficient (Wildman–Crippen LogP) is 0.764. The van der Waals surface area contributed by atoms with Gasteiger partial charge in [-0.05, 0) is 32.0 Å². The normalized spacial score (nSPS) is 22.2. The summed E-state index contributed by atoms with van der Waals surface area (Å²) < 4.78 is 0. The molecule has 3 heterocycles. The third-order valence-corrected chi connectivity index (χ3v) is 5.72. The zero-order valence-corrected chi connectivity index (χ0v) is 15.2. The minimum atomic E-state index is 0.302. The maximum atomic E-state index is 4.76. The molecule has 4 heteroatoms. The minimum Gasteiger partial charge on any atom is -0.358 e. The second kappa shape index (κ2) is 6.98. The van der Waals surface area contributed by atoms with Crippen LogP contribution in [0.4, 0.5) is 0 Å². The molecule has 1 aliphatic rings. The van der Waals surface area contributed by atoms with Gasteiger partial charge in [-0.2, -0.15) is 0 Å². The van der Waals surface area contributed by atoms with Crippen molar-refractivity contribution in [3.8, 4) is 0 Å². The third-order valence-electron chi connectivity index (χ3n) is 5.72. The van der Waals surface area contributed by atoms with Gasteiger partial charge in [-0.15, -0.1) is 0 Å². The van der Waals surface area contributed by atoms with Crippen LogP contribution in [0.3, 0.4) is 0 Å². The number of rotatable bonds is 4. The molecule has 0 unspecified atom stereocenters. The molecular weight excluding hydrogens is 308 g/mol. The first-order valence-electron chi connectivity index (χ1n) is 9.44. The second-order valence-corrected chi connectivity index (χ2v) is 7.16. The Morgan fingerprint density at radius 1 is 1.04 bits per heavy atom. The molecule has 130 valence electrons. The molecule has 4 nitrogen and oxygen atoms in total. The largest absolute Gasteiger partial charge is 0.358 e. The monoisotopic (exact) mass is 336 g/mol. The van der Waals surface area contributed by atoms with E-state index in [-0.39, 0.29) is 0 Å². The Bertz CT molecular complexity index is 831. The van der Waals surface area contributed by atoms with Crippen molar-refractivity contribution < 1.29 is 9.80 Å². The molecule has 1 fully saturated rings. The van der Waals surface area contributed by atoms with Crippen LogP contribution in [0.15, 0.2) is 48.7 Å². The first-order chi connectivity index (χ1) is 12.3. The second-order valence-electron chi connectivity index (χ2n) is 7.16. The van der Waals surface area contributed by atoms with E-state index in [0.717, 1.165) is 0 Å². The third kappa shape index (κ3) is 3.08. The highest BCUT2D eigenvalue weighted by Crippen LogP contribution is 2.29. The number of H-pyrrole nitrogens is 1. The standard InChI is InChI=1S/C21H26N4/c1-3-24-12-14-25(15-13-24)21(19-10-6-7-11-22-19)20-16(2)23-18-9-5-4-8-17(18)20/h4-11,21,23H,3,12-15H2,1-2H3/p+2/t21-/m0/s1. The lowest BCUT2D eigenvalue weighted by Gasteiger charge is -2.34. The zero-order valence-electron chi connectivity index (χ0n) is 15.2. The summed E-state index contributed by atoms with van der Waals surface area (Å²) in [6.45, 7) is 10.6. The SMILES string of the molecule is CC[NH+]1CC[NH+]([C@@H](c2ccccn2)c2c(C)[nH]c3ccccc23)CC1. The van der Waals surface area contributed by atoms with E-state index >= 15 is 0 Å². The van der Waals surface area contributed by atoms with Gasteiger partial charge in [-0.3, -0.25) is 4.98 Å². The number of aromatic nitrogens is 2. The number of hydrogen-bond donors (Lipinski definition) is 3. The molecule has 0 saturated carbocycles. The summed E-state index contributed by atoms with van der Waals surface area (Å²) >= 11 is 0. The number of piperazine rings is 1. The van der Waals surface area contributed by atoms with Gasteiger partial charge in [0.1, 0.15) is 31.9 Å². The van der Waals surface area contributed by atoms with Gasteiger partial charge >= 0.3 is 0 Å². The Hall–Kier alpha value is -2.17. The molecule has 1 saturated heterocycles. The van der Waals surface area contributed by atoms with Crippen molar-refractivity contribution in [3.05, 3.63) is 65.6 Å². The molecule has 0 aliphatic carbocycles.